The molecule has 0 aromatic heterocycles. The van der Waals surface area contributed by atoms with E-state index in [-0.39, 0.29) is 25.2 Å². The van der Waals surface area contributed by atoms with Crippen LogP contribution in [0, 0.1) is 13.8 Å². The van der Waals surface area contributed by atoms with Crippen molar-refractivity contribution in [3.8, 4) is 5.75 Å². The molecule has 0 radical (unpaired) electrons. The Morgan fingerprint density at radius 1 is 1.31 bits per heavy atom. The average molecular weight is 364 g/mol. The van der Waals surface area contributed by atoms with E-state index in [0.29, 0.717) is 6.04 Å². The van der Waals surface area contributed by atoms with Gasteiger partial charge < -0.3 is 25.4 Å². The highest BCUT2D eigenvalue weighted by Crippen LogP contribution is 2.22. The van der Waals surface area contributed by atoms with Gasteiger partial charge in [0.1, 0.15) is 18.5 Å². The second-order valence-corrected chi connectivity index (χ2v) is 7.52. The summed E-state index contributed by atoms with van der Waals surface area (Å²) in [4.78, 5) is 14.3. The van der Waals surface area contributed by atoms with Gasteiger partial charge in [0.15, 0.2) is 0 Å². The van der Waals surface area contributed by atoms with E-state index in [9.17, 15) is 9.90 Å². The highest BCUT2D eigenvalue weighted by atomic mass is 16.5. The van der Waals surface area contributed by atoms with Gasteiger partial charge >= 0.3 is 6.03 Å². The topological polar surface area (TPSA) is 73.8 Å². The Labute approximate surface area is 156 Å². The van der Waals surface area contributed by atoms with E-state index >= 15 is 0 Å². The molecule has 0 bridgehead atoms. The van der Waals surface area contributed by atoms with Crippen LogP contribution in [0.2, 0.25) is 0 Å². The third-order valence-electron chi connectivity index (χ3n) is 5.04. The van der Waals surface area contributed by atoms with Crippen molar-refractivity contribution in [1.82, 2.24) is 15.5 Å². The monoisotopic (exact) mass is 363 g/mol. The van der Waals surface area contributed by atoms with Crippen molar-refractivity contribution >= 4 is 6.03 Å². The van der Waals surface area contributed by atoms with Gasteiger partial charge in [-0.1, -0.05) is 18.2 Å². The number of carbonyl (C=O) groups is 1. The highest BCUT2D eigenvalue weighted by Gasteiger charge is 2.24. The Morgan fingerprint density at radius 2 is 2.00 bits per heavy atom. The molecule has 0 aliphatic heterocycles. The molecular weight excluding hydrogens is 330 g/mol. The lowest BCUT2D eigenvalue weighted by Gasteiger charge is -2.33. The van der Waals surface area contributed by atoms with Crippen LogP contribution in [0.3, 0.4) is 0 Å². The van der Waals surface area contributed by atoms with Gasteiger partial charge in [0.25, 0.3) is 0 Å². The highest BCUT2D eigenvalue weighted by molar-refractivity contribution is 5.74. The molecule has 3 atom stereocenters. The zero-order valence-electron chi connectivity index (χ0n) is 16.4. The fourth-order valence-corrected chi connectivity index (χ4v) is 3.48. The fraction of sp³-hybridized carbons (Fsp3) is 0.650. The molecule has 1 aromatic rings. The fourth-order valence-electron chi connectivity index (χ4n) is 3.48. The molecule has 6 heteroatoms. The number of carbonyl (C=O) groups excluding carboxylic acids is 1. The van der Waals surface area contributed by atoms with E-state index in [1.165, 1.54) is 6.42 Å². The minimum atomic E-state index is -0.749. The molecule has 1 fully saturated rings. The van der Waals surface area contributed by atoms with Crippen LogP contribution >= 0.6 is 0 Å². The standard InChI is InChI=1S/C20H33N3O3/c1-14-7-5-8-15(2)19(14)26-13-18(24)12-21-20(25)22-16-9-6-10-17(11-16)23(3)4/h5,7-8,16-18,24H,6,9-13H2,1-4H3,(H2,21,22,25). The Balaban J connectivity index is 1.70. The number of ether oxygens (including phenoxy) is 1. The molecule has 2 rings (SSSR count). The van der Waals surface area contributed by atoms with E-state index < -0.39 is 6.10 Å². The molecular formula is C20H33N3O3. The van der Waals surface area contributed by atoms with Crippen molar-refractivity contribution in [3.63, 3.8) is 0 Å². The minimum absolute atomic E-state index is 0.151. The zero-order valence-corrected chi connectivity index (χ0v) is 16.4. The molecule has 1 aliphatic rings. The van der Waals surface area contributed by atoms with Gasteiger partial charge in [-0.2, -0.15) is 0 Å². The molecule has 0 spiro atoms. The normalized spacial score (nSPS) is 21.3. The maximum atomic E-state index is 12.1. The molecule has 26 heavy (non-hydrogen) atoms. The summed E-state index contributed by atoms with van der Waals surface area (Å²) in [5.41, 5.74) is 2.08. The average Bonchev–Trinajstić information content (AvgIpc) is 2.59. The van der Waals surface area contributed by atoms with Gasteiger partial charge in [0.2, 0.25) is 0 Å². The number of hydrogen-bond donors (Lipinski definition) is 3. The number of aliphatic hydroxyl groups is 1. The number of aryl methyl sites for hydroxylation is 2. The molecule has 146 valence electrons. The Hall–Kier alpha value is -1.79. The van der Waals surface area contributed by atoms with Crippen molar-refractivity contribution in [1.29, 1.82) is 0 Å². The van der Waals surface area contributed by atoms with Crippen LogP contribution in [0.25, 0.3) is 0 Å². The number of urea groups is 1. The lowest BCUT2D eigenvalue weighted by Crippen LogP contribution is -2.48. The molecule has 2 amide bonds. The number of aliphatic hydroxyl groups excluding tert-OH is 1. The third-order valence-corrected chi connectivity index (χ3v) is 5.04. The first-order chi connectivity index (χ1) is 12.4. The molecule has 6 nitrogen and oxygen atoms in total. The lowest BCUT2D eigenvalue weighted by atomic mass is 9.90. The van der Waals surface area contributed by atoms with Crippen molar-refractivity contribution in [2.24, 2.45) is 0 Å². The summed E-state index contributed by atoms with van der Waals surface area (Å²) < 4.78 is 5.72. The number of para-hydroxylation sites is 1. The summed E-state index contributed by atoms with van der Waals surface area (Å²) in [7, 11) is 4.17. The van der Waals surface area contributed by atoms with E-state index in [0.717, 1.165) is 36.1 Å². The molecule has 1 aliphatic carbocycles. The maximum Gasteiger partial charge on any atom is 0.315 e. The number of nitrogens with one attached hydrogen (secondary N) is 2. The van der Waals surface area contributed by atoms with Gasteiger partial charge in [0, 0.05) is 18.6 Å². The van der Waals surface area contributed by atoms with E-state index in [4.69, 9.17) is 4.74 Å². The van der Waals surface area contributed by atoms with E-state index in [1.54, 1.807) is 0 Å². The van der Waals surface area contributed by atoms with E-state index in [1.807, 2.05) is 32.0 Å². The number of hydrogen-bond acceptors (Lipinski definition) is 4. The van der Waals surface area contributed by atoms with E-state index in [2.05, 4.69) is 29.6 Å². The first-order valence-corrected chi connectivity index (χ1v) is 9.44. The van der Waals surface area contributed by atoms with Gasteiger partial charge in [-0.15, -0.1) is 0 Å². The molecule has 1 saturated carbocycles. The SMILES string of the molecule is Cc1cccc(C)c1OCC(O)CNC(=O)NC1CCCC(N(C)C)C1. The summed E-state index contributed by atoms with van der Waals surface area (Å²) in [6, 6.07) is 6.42. The number of benzene rings is 1. The van der Waals surface area contributed by atoms with Gasteiger partial charge in [-0.25, -0.2) is 4.79 Å². The van der Waals surface area contributed by atoms with Crippen LogP contribution < -0.4 is 15.4 Å². The first-order valence-electron chi connectivity index (χ1n) is 9.44. The molecule has 3 N–H and O–H groups in total. The van der Waals surface area contributed by atoms with Gasteiger partial charge in [-0.3, -0.25) is 0 Å². The van der Waals surface area contributed by atoms with Crippen molar-refractivity contribution in [2.45, 2.75) is 57.7 Å². The van der Waals surface area contributed by atoms with Crippen LogP contribution in [-0.2, 0) is 0 Å². The molecule has 3 unspecified atom stereocenters. The molecule has 0 heterocycles. The summed E-state index contributed by atoms with van der Waals surface area (Å²) >= 11 is 0. The predicted molar refractivity (Wildman–Crippen MR) is 104 cm³/mol. The smallest absolute Gasteiger partial charge is 0.315 e. The number of rotatable bonds is 7. The largest absolute Gasteiger partial charge is 0.490 e. The summed E-state index contributed by atoms with van der Waals surface area (Å²) in [6.07, 6.45) is 3.54. The Bertz CT molecular complexity index is 571. The number of nitrogens with zero attached hydrogens (tertiary/aromatic N) is 1. The molecule has 1 aromatic carbocycles. The second-order valence-electron chi connectivity index (χ2n) is 7.52. The third kappa shape index (κ3) is 6.18. The lowest BCUT2D eigenvalue weighted by molar-refractivity contribution is 0.106. The van der Waals surface area contributed by atoms with Gasteiger partial charge in [0.05, 0.1) is 0 Å². The predicted octanol–water partition coefficient (Wildman–Crippen LogP) is 2.22. The summed E-state index contributed by atoms with van der Waals surface area (Å²) in [5, 5.41) is 15.9. The maximum absolute atomic E-state index is 12.1. The minimum Gasteiger partial charge on any atom is -0.490 e. The summed E-state index contributed by atoms with van der Waals surface area (Å²) in [6.45, 7) is 4.27. The first kappa shape index (κ1) is 20.5. The summed E-state index contributed by atoms with van der Waals surface area (Å²) in [5.74, 6) is 0.799. The van der Waals surface area contributed by atoms with Crippen molar-refractivity contribution in [3.05, 3.63) is 29.3 Å². The van der Waals surface area contributed by atoms with Crippen molar-refractivity contribution in [2.75, 3.05) is 27.2 Å². The van der Waals surface area contributed by atoms with Crippen LogP contribution in [0.5, 0.6) is 5.75 Å². The quantitative estimate of drug-likeness (QED) is 0.694. The molecule has 0 saturated heterocycles. The van der Waals surface area contributed by atoms with Crippen LogP contribution in [0.15, 0.2) is 18.2 Å². The Kier molecular flexibility index (Phi) is 7.72. The second kappa shape index (κ2) is 9.78. The van der Waals surface area contributed by atoms with Gasteiger partial charge in [-0.05, 0) is 64.8 Å². The number of amides is 2. The van der Waals surface area contributed by atoms with Crippen molar-refractivity contribution < 1.29 is 14.6 Å². The van der Waals surface area contributed by atoms with Crippen LogP contribution in [0.4, 0.5) is 4.79 Å². The van der Waals surface area contributed by atoms with Crippen LogP contribution in [-0.4, -0.2) is 61.5 Å². The zero-order chi connectivity index (χ0) is 19.1. The van der Waals surface area contributed by atoms with Crippen LogP contribution in [0.1, 0.15) is 36.8 Å². The Morgan fingerprint density at radius 3 is 2.65 bits per heavy atom.